The monoisotopic (exact) mass is 713 g/mol. The van der Waals surface area contributed by atoms with E-state index in [1.165, 1.54) is 0 Å². The van der Waals surface area contributed by atoms with Crippen molar-refractivity contribution in [3.05, 3.63) is 0 Å². The Morgan fingerprint density at radius 2 is 0.500 bits per heavy atom. The van der Waals surface area contributed by atoms with Crippen LogP contribution in [0.4, 0.5) is 0 Å². The van der Waals surface area contributed by atoms with E-state index in [0.717, 1.165) is 0 Å². The standard InChI is InChI=1S/2Cl2H2O2P.6ClH.2Mo.2O/c2*1-5(2,3)4;;;;;;;;;;/h2*3-4H;6*1H;;;;/q2*+1;;;;;;;;;;. The van der Waals surface area contributed by atoms with Crippen molar-refractivity contribution in [2.75, 3.05) is 0 Å². The Morgan fingerprint density at radius 3 is 0.500 bits per heavy atom. The van der Waals surface area contributed by atoms with Gasteiger partial charge in [0.2, 0.25) is 0 Å². The van der Waals surface area contributed by atoms with Crippen molar-refractivity contribution in [2.45, 2.75) is 0 Å². The van der Waals surface area contributed by atoms with Gasteiger partial charge in [-0.1, -0.05) is 0 Å². The Kier molecular flexibility index (Phi) is 141. The summed E-state index contributed by atoms with van der Waals surface area (Å²) < 4.78 is 16.5. The van der Waals surface area contributed by atoms with E-state index in [1.807, 2.05) is 0 Å². The van der Waals surface area contributed by atoms with Crippen LogP contribution < -0.4 is 0 Å². The molecule has 0 aliphatic heterocycles. The van der Waals surface area contributed by atoms with E-state index in [-0.39, 0.29) is 74.4 Å². The van der Waals surface area contributed by atoms with Crippen LogP contribution in [-0.2, 0) is 46.3 Å². The zero-order valence-electron chi connectivity index (χ0n) is 8.28. The second-order valence-corrected chi connectivity index (χ2v) is 9.43. The van der Waals surface area contributed by atoms with Crippen molar-refractivity contribution >= 4 is 132 Å². The molecule has 0 atom stereocenters. The number of halogens is 10. The summed E-state index contributed by atoms with van der Waals surface area (Å²) in [7, 11) is 0. The molecule has 20 heavy (non-hydrogen) atoms. The average Bonchev–Trinajstić information content (AvgIpc) is 1.88. The Labute approximate surface area is 195 Å². The first-order valence-electron chi connectivity index (χ1n) is 1.81. The van der Waals surface area contributed by atoms with Crippen LogP contribution in [0, 0.1) is 0 Å². The molecule has 6 nitrogen and oxygen atoms in total. The molecule has 136 valence electrons. The topological polar surface area (TPSA) is 115 Å². The minimum absolute atomic E-state index is 0. The second kappa shape index (κ2) is 43.7. The van der Waals surface area contributed by atoms with Crippen molar-refractivity contribution in [1.29, 1.82) is 0 Å². The molecule has 0 bridgehead atoms. The molecule has 0 saturated carbocycles. The van der Waals surface area contributed by atoms with Gasteiger partial charge in [0.15, 0.2) is 45.0 Å². The van der Waals surface area contributed by atoms with E-state index in [9.17, 15) is 0 Å². The van der Waals surface area contributed by atoms with E-state index < -0.39 is 12.8 Å². The summed E-state index contributed by atoms with van der Waals surface area (Å²) in [5.74, 6) is 0. The summed E-state index contributed by atoms with van der Waals surface area (Å²) in [4.78, 5) is 30.9. The first-order valence-corrected chi connectivity index (χ1v) is 10.5. The van der Waals surface area contributed by atoms with Gasteiger partial charge in [-0.25, -0.2) is 0 Å². The van der Waals surface area contributed by atoms with E-state index in [1.54, 1.807) is 0 Å². The zero-order chi connectivity index (χ0) is 13.0. The van der Waals surface area contributed by atoms with Crippen LogP contribution in [0.3, 0.4) is 0 Å². The van der Waals surface area contributed by atoms with Gasteiger partial charge < -0.3 is 0 Å². The van der Waals surface area contributed by atoms with Crippen molar-refractivity contribution in [3.8, 4) is 0 Å². The molecule has 0 aromatic rings. The third-order valence-electron chi connectivity index (χ3n) is 0. The molecule has 0 amide bonds. The summed E-state index contributed by atoms with van der Waals surface area (Å²) in [5.41, 5.74) is 0. The predicted molar refractivity (Wildman–Crippen MR) is 91.0 cm³/mol. The van der Waals surface area contributed by atoms with Crippen molar-refractivity contribution < 1.29 is 65.9 Å². The fourth-order valence-electron chi connectivity index (χ4n) is 0. The van der Waals surface area contributed by atoms with Crippen LogP contribution in [-0.4, -0.2) is 19.6 Å². The molecule has 0 radical (unpaired) electrons. The van der Waals surface area contributed by atoms with Gasteiger partial charge in [-0.2, -0.15) is 19.6 Å². The fraction of sp³-hybridized carbons (Fsp3) is 0. The van der Waals surface area contributed by atoms with Gasteiger partial charge >= 0.3 is 59.2 Å². The second-order valence-electron chi connectivity index (χ2n) is 0.911. The first-order chi connectivity index (χ1) is 6.00. The van der Waals surface area contributed by atoms with Crippen molar-refractivity contribution in [1.82, 2.24) is 0 Å². The molecule has 0 unspecified atom stereocenters. The van der Waals surface area contributed by atoms with Crippen molar-refractivity contribution in [3.63, 3.8) is 0 Å². The molecule has 0 saturated heterocycles. The van der Waals surface area contributed by atoms with Gasteiger partial charge in [0.25, 0.3) is 0 Å². The number of hydrogen-bond acceptors (Lipinski definition) is 6. The Balaban J connectivity index is -0.00000000806. The van der Waals surface area contributed by atoms with Crippen LogP contribution in [0.5, 0.6) is 0 Å². The maximum atomic E-state index is 8.26. The molecular weight excluding hydrogens is 704 g/mol. The molecule has 0 aliphatic rings. The molecule has 4 N–H and O–H groups in total. The number of rotatable bonds is 0. The van der Waals surface area contributed by atoms with Crippen LogP contribution in [0.25, 0.3) is 0 Å². The molecule has 0 aromatic carbocycles. The minimum atomic E-state index is -3.44. The van der Waals surface area contributed by atoms with Crippen LogP contribution in [0.15, 0.2) is 0 Å². The normalized spacial score (nSPS) is 6.40. The summed E-state index contributed by atoms with van der Waals surface area (Å²) in [6.45, 7) is 0. The first kappa shape index (κ1) is 64.3. The molecule has 0 aliphatic carbocycles. The van der Waals surface area contributed by atoms with Gasteiger partial charge in [-0.3, -0.25) is 0 Å². The average molecular weight is 714 g/mol. The zero-order valence-corrected chi connectivity index (χ0v) is 22.0. The Morgan fingerprint density at radius 1 is 0.500 bits per heavy atom. The SMILES string of the molecule is Cl.Cl.Cl.Cl.Cl.Cl.O[P+](O)(Cl)Cl.O[P+](O)(Cl)Cl.[O]=[Mo].[O]=[Mo]. The van der Waals surface area contributed by atoms with Crippen LogP contribution in [0.1, 0.15) is 0 Å². The van der Waals surface area contributed by atoms with Gasteiger partial charge in [-0.15, -0.1) is 74.4 Å². The number of hydrogen-bond donors (Lipinski definition) is 4. The van der Waals surface area contributed by atoms with E-state index in [0.29, 0.717) is 39.6 Å². The molecule has 0 fully saturated rings. The summed E-state index contributed by atoms with van der Waals surface area (Å²) in [5, 5.41) is 0. The van der Waals surface area contributed by atoms with Crippen LogP contribution >= 0.6 is 132 Å². The summed E-state index contributed by atoms with van der Waals surface area (Å²) in [6, 6.07) is 0. The maximum absolute atomic E-state index is 8.26. The van der Waals surface area contributed by atoms with E-state index in [2.05, 4.69) is 45.0 Å². The third-order valence-corrected chi connectivity index (χ3v) is 0. The molecule has 0 heterocycles. The predicted octanol–water partition coefficient (Wildman–Crippen LogP) is 4.54. The Hall–Kier alpha value is 4.58. The molecule has 0 rings (SSSR count). The van der Waals surface area contributed by atoms with E-state index >= 15 is 0 Å². The molecule has 0 spiro atoms. The van der Waals surface area contributed by atoms with E-state index in [4.69, 9.17) is 26.4 Å². The van der Waals surface area contributed by atoms with Crippen molar-refractivity contribution in [2.24, 2.45) is 0 Å². The van der Waals surface area contributed by atoms with Crippen LogP contribution in [0.2, 0.25) is 0 Å². The van der Waals surface area contributed by atoms with Gasteiger partial charge in [0.1, 0.15) is 0 Å². The van der Waals surface area contributed by atoms with Gasteiger partial charge in [0, 0.05) is 0 Å². The summed E-state index contributed by atoms with van der Waals surface area (Å²) >= 11 is 19.5. The fourth-order valence-corrected chi connectivity index (χ4v) is 0. The third kappa shape index (κ3) is 502. The molecular formula is H10Cl10Mo2O6P2+2. The summed E-state index contributed by atoms with van der Waals surface area (Å²) in [6.07, 6.45) is -6.89. The Bertz CT molecular complexity index is 95.3. The molecule has 0 aromatic heterocycles. The molecule has 20 heteroatoms. The van der Waals surface area contributed by atoms with Gasteiger partial charge in [-0.05, 0) is 0 Å². The quantitative estimate of drug-likeness (QED) is 0.217. The van der Waals surface area contributed by atoms with Gasteiger partial charge in [0.05, 0.1) is 0 Å².